The zero-order valence-electron chi connectivity index (χ0n) is 9.00. The molecular formula is C9H14N6. The fraction of sp³-hybridized carbons (Fsp3) is 0.333. The Hall–Kier alpha value is -1.98. The number of aryl methyl sites for hydroxylation is 1. The van der Waals surface area contributed by atoms with Crippen molar-refractivity contribution in [2.75, 3.05) is 24.3 Å². The topological polar surface area (TPSA) is 72.6 Å². The van der Waals surface area contributed by atoms with Gasteiger partial charge in [-0.15, -0.1) is 10.2 Å². The summed E-state index contributed by atoms with van der Waals surface area (Å²) in [5, 5.41) is 11.0. The van der Waals surface area contributed by atoms with E-state index in [1.807, 2.05) is 38.1 Å². The highest BCUT2D eigenvalue weighted by Gasteiger charge is 2.04. The fourth-order valence-electron chi connectivity index (χ4n) is 1.22. The summed E-state index contributed by atoms with van der Waals surface area (Å²) in [4.78, 5) is 8.05. The Morgan fingerprint density at radius 2 is 2.00 bits per heavy atom. The molecule has 3 N–H and O–H groups in total. The summed E-state index contributed by atoms with van der Waals surface area (Å²) in [6, 6.07) is 3.94. The van der Waals surface area contributed by atoms with E-state index in [9.17, 15) is 0 Å². The number of aromatic nitrogens is 4. The highest BCUT2D eigenvalue weighted by molar-refractivity contribution is 5.50. The van der Waals surface area contributed by atoms with Gasteiger partial charge in [0.05, 0.1) is 0 Å². The van der Waals surface area contributed by atoms with Gasteiger partial charge in [0.1, 0.15) is 5.82 Å². The first-order chi connectivity index (χ1) is 7.15. The number of hydrogen-bond acceptors (Lipinski definition) is 4. The van der Waals surface area contributed by atoms with Crippen molar-refractivity contribution < 1.29 is 0 Å². The van der Waals surface area contributed by atoms with Crippen LogP contribution in [0.5, 0.6) is 0 Å². The quantitative estimate of drug-likeness (QED) is 0.706. The smallest absolute Gasteiger partial charge is 0.229 e. The van der Waals surface area contributed by atoms with Crippen LogP contribution < -0.4 is 10.2 Å². The molecule has 0 radical (unpaired) electrons. The van der Waals surface area contributed by atoms with Crippen molar-refractivity contribution in [1.82, 2.24) is 20.2 Å². The Balaban J connectivity index is 2.11. The summed E-state index contributed by atoms with van der Waals surface area (Å²) >= 11 is 0. The van der Waals surface area contributed by atoms with Gasteiger partial charge < -0.3 is 15.2 Å². The van der Waals surface area contributed by atoms with E-state index in [1.54, 1.807) is 0 Å². The lowest BCUT2D eigenvalue weighted by Gasteiger charge is -2.05. The van der Waals surface area contributed by atoms with Gasteiger partial charge in [-0.05, 0) is 19.1 Å². The van der Waals surface area contributed by atoms with E-state index in [2.05, 4.69) is 25.5 Å². The number of aromatic amines is 2. The summed E-state index contributed by atoms with van der Waals surface area (Å²) in [6.45, 7) is 2.00. The highest BCUT2D eigenvalue weighted by atomic mass is 15.4. The third kappa shape index (κ3) is 2.09. The minimum absolute atomic E-state index is 0.626. The van der Waals surface area contributed by atoms with Crippen LogP contribution in [0.3, 0.4) is 0 Å². The molecule has 0 saturated carbocycles. The molecule has 80 valence electrons. The van der Waals surface area contributed by atoms with Gasteiger partial charge in [0.25, 0.3) is 0 Å². The minimum Gasteiger partial charge on any atom is -0.347 e. The van der Waals surface area contributed by atoms with Crippen LogP contribution in [-0.4, -0.2) is 34.3 Å². The lowest BCUT2D eigenvalue weighted by molar-refractivity contribution is 0.999. The van der Waals surface area contributed by atoms with Crippen LogP contribution in [0, 0.1) is 6.92 Å². The first-order valence-corrected chi connectivity index (χ1v) is 4.68. The van der Waals surface area contributed by atoms with E-state index in [4.69, 9.17) is 0 Å². The van der Waals surface area contributed by atoms with E-state index >= 15 is 0 Å². The Morgan fingerprint density at radius 1 is 1.20 bits per heavy atom. The molecule has 0 aliphatic heterocycles. The van der Waals surface area contributed by atoms with Gasteiger partial charge in [-0.1, -0.05) is 0 Å². The van der Waals surface area contributed by atoms with Crippen LogP contribution in [0.4, 0.5) is 17.7 Å². The van der Waals surface area contributed by atoms with E-state index in [-0.39, 0.29) is 0 Å². The molecule has 0 aromatic carbocycles. The number of nitrogens with zero attached hydrogens (tertiary/aromatic N) is 3. The maximum atomic E-state index is 3.96. The second-order valence-corrected chi connectivity index (χ2v) is 3.57. The third-order valence-corrected chi connectivity index (χ3v) is 1.98. The van der Waals surface area contributed by atoms with Crippen LogP contribution in [0.1, 0.15) is 5.69 Å². The SMILES string of the molecule is Cc1ccc(Nc2nnc(N(C)C)[nH]2)[nH]1. The van der Waals surface area contributed by atoms with Crippen molar-refractivity contribution in [1.29, 1.82) is 0 Å². The lowest BCUT2D eigenvalue weighted by Crippen LogP contribution is -2.10. The van der Waals surface area contributed by atoms with Crippen LogP contribution in [0.15, 0.2) is 12.1 Å². The van der Waals surface area contributed by atoms with Crippen molar-refractivity contribution in [2.45, 2.75) is 6.92 Å². The molecule has 2 aromatic rings. The molecule has 0 unspecified atom stereocenters. The van der Waals surface area contributed by atoms with E-state index in [0.29, 0.717) is 5.95 Å². The van der Waals surface area contributed by atoms with E-state index in [0.717, 1.165) is 17.5 Å². The molecule has 0 spiro atoms. The van der Waals surface area contributed by atoms with Crippen molar-refractivity contribution in [3.8, 4) is 0 Å². The first kappa shape index (κ1) is 9.57. The van der Waals surface area contributed by atoms with Crippen LogP contribution in [-0.2, 0) is 0 Å². The molecular weight excluding hydrogens is 192 g/mol. The molecule has 2 aromatic heterocycles. The maximum absolute atomic E-state index is 3.96. The van der Waals surface area contributed by atoms with Crippen molar-refractivity contribution in [2.24, 2.45) is 0 Å². The molecule has 0 bridgehead atoms. The van der Waals surface area contributed by atoms with Gasteiger partial charge >= 0.3 is 0 Å². The van der Waals surface area contributed by atoms with Crippen molar-refractivity contribution in [3.05, 3.63) is 17.8 Å². The summed E-state index contributed by atoms with van der Waals surface area (Å²) < 4.78 is 0. The average molecular weight is 206 g/mol. The second kappa shape index (κ2) is 3.64. The third-order valence-electron chi connectivity index (χ3n) is 1.98. The van der Waals surface area contributed by atoms with Crippen molar-refractivity contribution in [3.63, 3.8) is 0 Å². The zero-order valence-corrected chi connectivity index (χ0v) is 9.00. The average Bonchev–Trinajstić information content (AvgIpc) is 2.76. The number of hydrogen-bond donors (Lipinski definition) is 3. The van der Waals surface area contributed by atoms with Gasteiger partial charge in [-0.2, -0.15) is 0 Å². The monoisotopic (exact) mass is 206 g/mol. The maximum Gasteiger partial charge on any atom is 0.229 e. The second-order valence-electron chi connectivity index (χ2n) is 3.57. The highest BCUT2D eigenvalue weighted by Crippen LogP contribution is 2.13. The standard InChI is InChI=1S/C9H14N6/c1-6-4-5-7(10-6)11-8-12-9(14-13-8)15(2)3/h4-5,10H,1-3H3,(H2,11,12,13,14). The zero-order chi connectivity index (χ0) is 10.8. The predicted molar refractivity (Wildman–Crippen MR) is 59.5 cm³/mol. The predicted octanol–water partition coefficient (Wildman–Crippen LogP) is 1.25. The molecule has 0 saturated heterocycles. The fourth-order valence-corrected chi connectivity index (χ4v) is 1.22. The van der Waals surface area contributed by atoms with Crippen LogP contribution in [0.25, 0.3) is 0 Å². The van der Waals surface area contributed by atoms with E-state index in [1.165, 1.54) is 0 Å². The largest absolute Gasteiger partial charge is 0.347 e. The molecule has 0 amide bonds. The van der Waals surface area contributed by atoms with Gasteiger partial charge in [0.2, 0.25) is 11.9 Å². The van der Waals surface area contributed by atoms with Crippen LogP contribution in [0.2, 0.25) is 0 Å². The Labute approximate surface area is 87.7 Å². The lowest BCUT2D eigenvalue weighted by atomic mass is 10.5. The number of anilines is 3. The summed E-state index contributed by atoms with van der Waals surface area (Å²) in [5.74, 6) is 2.25. The molecule has 2 rings (SSSR count). The van der Waals surface area contributed by atoms with Crippen LogP contribution >= 0.6 is 0 Å². The Kier molecular flexibility index (Phi) is 2.32. The summed E-state index contributed by atoms with van der Waals surface area (Å²) in [7, 11) is 3.81. The molecule has 0 aliphatic carbocycles. The summed E-state index contributed by atoms with van der Waals surface area (Å²) in [6.07, 6.45) is 0. The minimum atomic E-state index is 0.626. The molecule has 0 aliphatic rings. The molecule has 0 fully saturated rings. The Morgan fingerprint density at radius 3 is 2.53 bits per heavy atom. The molecule has 6 heteroatoms. The summed E-state index contributed by atoms with van der Waals surface area (Å²) in [5.41, 5.74) is 1.10. The van der Waals surface area contributed by atoms with Gasteiger partial charge in [0, 0.05) is 19.8 Å². The normalized spacial score (nSPS) is 10.3. The van der Waals surface area contributed by atoms with E-state index < -0.39 is 0 Å². The number of rotatable bonds is 3. The number of nitrogens with one attached hydrogen (secondary N) is 3. The van der Waals surface area contributed by atoms with Gasteiger partial charge in [0.15, 0.2) is 0 Å². The number of H-pyrrole nitrogens is 2. The molecule has 0 atom stereocenters. The van der Waals surface area contributed by atoms with Gasteiger partial charge in [-0.3, -0.25) is 4.98 Å². The molecule has 15 heavy (non-hydrogen) atoms. The molecule has 6 nitrogen and oxygen atoms in total. The van der Waals surface area contributed by atoms with Gasteiger partial charge in [-0.25, -0.2) is 0 Å². The van der Waals surface area contributed by atoms with Crippen molar-refractivity contribution >= 4 is 17.7 Å². The molecule has 2 heterocycles. The first-order valence-electron chi connectivity index (χ1n) is 4.68. The Bertz CT molecular complexity index is 441.